The molecule has 0 aliphatic heterocycles. The van der Waals surface area contributed by atoms with E-state index in [1.54, 1.807) is 30.3 Å². The topological polar surface area (TPSA) is 46.2 Å². The van der Waals surface area contributed by atoms with Crippen molar-refractivity contribution in [3.05, 3.63) is 87.1 Å². The van der Waals surface area contributed by atoms with Crippen molar-refractivity contribution in [3.63, 3.8) is 0 Å². The first-order valence-corrected chi connectivity index (χ1v) is 10.0. The van der Waals surface area contributed by atoms with E-state index in [1.165, 1.54) is 23.1 Å². The molecular formula is C20H16ClNO2S2. The number of amides is 1. The molecule has 1 aromatic heterocycles. The summed E-state index contributed by atoms with van der Waals surface area (Å²) in [5.41, 5.74) is 1.60. The number of ketones is 1. The van der Waals surface area contributed by atoms with Gasteiger partial charge in [-0.2, -0.15) is 0 Å². The minimum absolute atomic E-state index is 0.125. The molecule has 1 N–H and O–H groups in total. The van der Waals surface area contributed by atoms with Crippen molar-refractivity contribution >= 4 is 46.4 Å². The molecule has 1 amide bonds. The monoisotopic (exact) mass is 401 g/mol. The number of thiophene rings is 1. The Labute approximate surface area is 165 Å². The largest absolute Gasteiger partial charge is 0.333 e. The molecule has 0 bridgehead atoms. The predicted octanol–water partition coefficient (Wildman–Crippen LogP) is 5.44. The maximum absolute atomic E-state index is 12.8. The van der Waals surface area contributed by atoms with Crippen LogP contribution in [0.2, 0.25) is 5.02 Å². The highest BCUT2D eigenvalue weighted by Crippen LogP contribution is 2.27. The highest BCUT2D eigenvalue weighted by atomic mass is 35.5. The summed E-state index contributed by atoms with van der Waals surface area (Å²) < 4.78 is 0. The second-order valence-electron chi connectivity index (χ2n) is 5.63. The van der Waals surface area contributed by atoms with Crippen LogP contribution < -0.4 is 5.32 Å². The normalized spacial score (nSPS) is 11.8. The van der Waals surface area contributed by atoms with Crippen molar-refractivity contribution < 1.29 is 9.59 Å². The molecule has 6 heteroatoms. The van der Waals surface area contributed by atoms with Crippen LogP contribution in [0.25, 0.3) is 0 Å². The number of rotatable bonds is 6. The van der Waals surface area contributed by atoms with Crippen LogP contribution in [0.1, 0.15) is 25.6 Å². The quantitative estimate of drug-likeness (QED) is 0.340. The molecule has 0 radical (unpaired) electrons. The fraction of sp³-hybridized carbons (Fsp3) is 0.100. The third kappa shape index (κ3) is 4.75. The summed E-state index contributed by atoms with van der Waals surface area (Å²) in [6, 6.07) is 18.0. The number of hydrogen-bond acceptors (Lipinski definition) is 4. The molecule has 0 saturated carbocycles. The van der Waals surface area contributed by atoms with Crippen molar-refractivity contribution in [2.45, 2.75) is 17.2 Å². The third-order valence-electron chi connectivity index (χ3n) is 3.65. The fourth-order valence-corrected chi connectivity index (χ4v) is 4.11. The van der Waals surface area contributed by atoms with Gasteiger partial charge in [-0.15, -0.1) is 11.3 Å². The minimum Gasteiger partial charge on any atom is -0.333 e. The highest BCUT2D eigenvalue weighted by Gasteiger charge is 2.24. The second kappa shape index (κ2) is 8.54. The molecule has 0 fully saturated rings. The third-order valence-corrected chi connectivity index (χ3v) is 5.89. The molecule has 3 rings (SSSR count). The number of aryl methyl sites for hydroxylation is 1. The van der Waals surface area contributed by atoms with Crippen molar-refractivity contribution in [1.29, 1.82) is 0 Å². The van der Waals surface area contributed by atoms with Gasteiger partial charge in [-0.05, 0) is 54.8 Å². The van der Waals surface area contributed by atoms with Crippen LogP contribution in [0.3, 0.4) is 0 Å². The van der Waals surface area contributed by atoms with E-state index in [9.17, 15) is 9.59 Å². The number of hydrogen-bond donors (Lipinski definition) is 1. The zero-order chi connectivity index (χ0) is 18.5. The number of carbonyl (C=O) groups is 2. The van der Waals surface area contributed by atoms with E-state index in [0.717, 1.165) is 10.5 Å². The van der Waals surface area contributed by atoms with Crippen LogP contribution >= 0.6 is 34.7 Å². The fourth-order valence-electron chi connectivity index (χ4n) is 2.25. The van der Waals surface area contributed by atoms with Gasteiger partial charge in [0.1, 0.15) is 5.37 Å². The Bertz CT molecular complexity index is 891. The van der Waals surface area contributed by atoms with Crippen LogP contribution in [0, 0.1) is 6.92 Å². The molecule has 0 spiro atoms. The summed E-state index contributed by atoms with van der Waals surface area (Å²) in [6.45, 7) is 1.96. The first-order chi connectivity index (χ1) is 12.5. The lowest BCUT2D eigenvalue weighted by Gasteiger charge is -2.17. The van der Waals surface area contributed by atoms with E-state index < -0.39 is 5.37 Å². The molecule has 26 heavy (non-hydrogen) atoms. The van der Waals surface area contributed by atoms with Gasteiger partial charge < -0.3 is 5.32 Å². The Kier molecular flexibility index (Phi) is 6.14. The Balaban J connectivity index is 1.82. The van der Waals surface area contributed by atoms with Crippen LogP contribution in [0.4, 0.5) is 0 Å². The average molecular weight is 402 g/mol. The highest BCUT2D eigenvalue weighted by molar-refractivity contribution is 8.00. The molecule has 132 valence electrons. The summed E-state index contributed by atoms with van der Waals surface area (Å²) in [6.07, 6.45) is 0. The van der Waals surface area contributed by atoms with E-state index in [2.05, 4.69) is 5.32 Å². The van der Waals surface area contributed by atoms with Crippen LogP contribution in [-0.2, 0) is 0 Å². The first-order valence-electron chi connectivity index (χ1n) is 7.90. The zero-order valence-corrected chi connectivity index (χ0v) is 16.3. The number of Topliss-reactive ketones (excluding diaryl/α,β-unsaturated/α-hetero) is 1. The smallest absolute Gasteiger partial charge is 0.252 e. The molecule has 0 aliphatic rings. The number of halogens is 1. The first kappa shape index (κ1) is 18.7. The lowest BCUT2D eigenvalue weighted by atomic mass is 10.1. The number of thioether (sulfide) groups is 1. The van der Waals surface area contributed by atoms with Crippen molar-refractivity contribution in [1.82, 2.24) is 5.32 Å². The van der Waals surface area contributed by atoms with Crippen molar-refractivity contribution in [2.24, 2.45) is 0 Å². The molecule has 0 aliphatic carbocycles. The van der Waals surface area contributed by atoms with Gasteiger partial charge in [0.2, 0.25) is 5.78 Å². The van der Waals surface area contributed by atoms with E-state index in [4.69, 9.17) is 11.6 Å². The van der Waals surface area contributed by atoms with Gasteiger partial charge in [0, 0.05) is 15.5 Å². The Morgan fingerprint density at radius 2 is 1.73 bits per heavy atom. The van der Waals surface area contributed by atoms with E-state index in [-0.39, 0.29) is 11.7 Å². The Morgan fingerprint density at radius 1 is 1.04 bits per heavy atom. The van der Waals surface area contributed by atoms with Gasteiger partial charge in [0.15, 0.2) is 0 Å². The van der Waals surface area contributed by atoms with Crippen molar-refractivity contribution in [3.8, 4) is 0 Å². The molecule has 0 saturated heterocycles. The number of nitrogens with one attached hydrogen (secondary N) is 1. The van der Waals surface area contributed by atoms with Gasteiger partial charge in [0.05, 0.1) is 4.88 Å². The molecule has 2 aromatic carbocycles. The maximum atomic E-state index is 12.8. The summed E-state index contributed by atoms with van der Waals surface area (Å²) in [5.74, 6) is -0.401. The molecule has 3 nitrogen and oxygen atoms in total. The molecule has 1 unspecified atom stereocenters. The molecule has 1 atom stereocenters. The SMILES string of the molecule is Cc1ccc(C(=O)NC(Sc2ccc(Cl)cc2)C(=O)c2cccs2)cc1. The minimum atomic E-state index is -0.719. The lowest BCUT2D eigenvalue weighted by Crippen LogP contribution is -2.38. The molecule has 1 heterocycles. The zero-order valence-electron chi connectivity index (χ0n) is 13.9. The Morgan fingerprint density at radius 3 is 2.35 bits per heavy atom. The van der Waals surface area contributed by atoms with Gasteiger partial charge in [-0.1, -0.05) is 47.1 Å². The Hall–Kier alpha value is -2.08. The lowest BCUT2D eigenvalue weighted by molar-refractivity contribution is 0.0894. The van der Waals surface area contributed by atoms with Gasteiger partial charge in [0.25, 0.3) is 5.91 Å². The van der Waals surface area contributed by atoms with Gasteiger partial charge in [-0.25, -0.2) is 0 Å². The summed E-state index contributed by atoms with van der Waals surface area (Å²) in [5, 5.41) is 4.60. The summed E-state index contributed by atoms with van der Waals surface area (Å²) in [7, 11) is 0. The van der Waals surface area contributed by atoms with E-state index in [0.29, 0.717) is 15.5 Å². The standard InChI is InChI=1S/C20H16ClNO2S2/c1-13-4-6-14(7-5-13)19(24)22-20(18(23)17-3-2-12-25-17)26-16-10-8-15(21)9-11-16/h2-12,20H,1H3,(H,22,24). The van der Waals surface area contributed by atoms with Gasteiger partial charge in [-0.3, -0.25) is 9.59 Å². The van der Waals surface area contributed by atoms with E-state index >= 15 is 0 Å². The van der Waals surface area contributed by atoms with E-state index in [1.807, 2.05) is 42.6 Å². The van der Waals surface area contributed by atoms with Crippen LogP contribution in [-0.4, -0.2) is 17.1 Å². The average Bonchev–Trinajstić information content (AvgIpc) is 3.17. The van der Waals surface area contributed by atoms with Crippen LogP contribution in [0.5, 0.6) is 0 Å². The number of benzene rings is 2. The predicted molar refractivity (Wildman–Crippen MR) is 108 cm³/mol. The van der Waals surface area contributed by atoms with Gasteiger partial charge >= 0.3 is 0 Å². The molecule has 3 aromatic rings. The summed E-state index contributed by atoms with van der Waals surface area (Å²) in [4.78, 5) is 26.9. The second-order valence-corrected chi connectivity index (χ2v) is 8.20. The maximum Gasteiger partial charge on any atom is 0.252 e. The molecular weight excluding hydrogens is 386 g/mol. The number of carbonyl (C=O) groups excluding carboxylic acids is 2. The van der Waals surface area contributed by atoms with Crippen molar-refractivity contribution in [2.75, 3.05) is 0 Å². The van der Waals surface area contributed by atoms with Crippen LogP contribution in [0.15, 0.2) is 70.9 Å². The summed E-state index contributed by atoms with van der Waals surface area (Å²) >= 11 is 8.58.